The minimum atomic E-state index is -1.22. The maximum absolute atomic E-state index is 13.8. The molecule has 0 saturated heterocycles. The Hall–Kier alpha value is -0.900. The standard InChI is InChI=1S/C11H12BrFO2/c1-6-4-5-7(12)9(13)8(6)11(2,3)10(14)15/h4-5H,1-3H3,(H,14,15). The first-order valence-corrected chi connectivity index (χ1v) is 5.26. The van der Waals surface area contributed by atoms with Gasteiger partial charge in [0.1, 0.15) is 5.82 Å². The van der Waals surface area contributed by atoms with Gasteiger partial charge >= 0.3 is 5.97 Å². The van der Waals surface area contributed by atoms with Crippen molar-refractivity contribution in [1.29, 1.82) is 0 Å². The van der Waals surface area contributed by atoms with Gasteiger partial charge in [0.25, 0.3) is 0 Å². The molecular weight excluding hydrogens is 263 g/mol. The molecule has 0 aliphatic heterocycles. The molecule has 0 saturated carbocycles. The molecular formula is C11H12BrFO2. The molecule has 0 radical (unpaired) electrons. The van der Waals surface area contributed by atoms with Crippen LogP contribution in [0.4, 0.5) is 4.39 Å². The molecule has 15 heavy (non-hydrogen) atoms. The topological polar surface area (TPSA) is 37.3 Å². The molecule has 2 nitrogen and oxygen atoms in total. The molecule has 1 aromatic carbocycles. The van der Waals surface area contributed by atoms with Crippen LogP contribution in [0.2, 0.25) is 0 Å². The lowest BCUT2D eigenvalue weighted by molar-refractivity contribution is -0.142. The van der Waals surface area contributed by atoms with Crippen LogP contribution in [0.25, 0.3) is 0 Å². The zero-order valence-corrected chi connectivity index (χ0v) is 10.4. The largest absolute Gasteiger partial charge is 0.481 e. The van der Waals surface area contributed by atoms with Crippen LogP contribution in [-0.2, 0) is 10.2 Å². The van der Waals surface area contributed by atoms with E-state index in [1.807, 2.05) is 0 Å². The maximum Gasteiger partial charge on any atom is 0.313 e. The lowest BCUT2D eigenvalue weighted by atomic mass is 9.82. The van der Waals surface area contributed by atoms with Crippen molar-refractivity contribution in [2.24, 2.45) is 0 Å². The van der Waals surface area contributed by atoms with E-state index in [1.54, 1.807) is 19.1 Å². The summed E-state index contributed by atoms with van der Waals surface area (Å²) in [6, 6.07) is 3.28. The molecule has 0 spiro atoms. The van der Waals surface area contributed by atoms with E-state index in [2.05, 4.69) is 15.9 Å². The number of carboxylic acid groups (broad SMARTS) is 1. The van der Waals surface area contributed by atoms with Crippen molar-refractivity contribution in [2.45, 2.75) is 26.2 Å². The quantitative estimate of drug-likeness (QED) is 0.899. The van der Waals surface area contributed by atoms with Gasteiger partial charge < -0.3 is 5.11 Å². The predicted molar refractivity (Wildman–Crippen MR) is 59.5 cm³/mol. The number of benzene rings is 1. The monoisotopic (exact) mass is 274 g/mol. The molecule has 0 atom stereocenters. The Morgan fingerprint density at radius 3 is 2.47 bits per heavy atom. The van der Waals surface area contributed by atoms with Crippen LogP contribution in [0.5, 0.6) is 0 Å². The molecule has 1 aromatic rings. The molecule has 0 bridgehead atoms. The second-order valence-corrected chi connectivity index (χ2v) is 4.84. The Morgan fingerprint density at radius 2 is 2.00 bits per heavy atom. The van der Waals surface area contributed by atoms with Crippen LogP contribution in [0.1, 0.15) is 25.0 Å². The van der Waals surface area contributed by atoms with Gasteiger partial charge in [-0.3, -0.25) is 4.79 Å². The highest BCUT2D eigenvalue weighted by atomic mass is 79.9. The number of hydrogen-bond donors (Lipinski definition) is 1. The van der Waals surface area contributed by atoms with E-state index < -0.39 is 17.2 Å². The summed E-state index contributed by atoms with van der Waals surface area (Å²) in [7, 11) is 0. The number of rotatable bonds is 2. The summed E-state index contributed by atoms with van der Waals surface area (Å²) in [5.74, 6) is -1.54. The van der Waals surface area contributed by atoms with Crippen molar-refractivity contribution < 1.29 is 14.3 Å². The average molecular weight is 275 g/mol. The normalized spacial score (nSPS) is 11.5. The number of carboxylic acids is 1. The van der Waals surface area contributed by atoms with Crippen LogP contribution in [-0.4, -0.2) is 11.1 Å². The van der Waals surface area contributed by atoms with E-state index in [1.165, 1.54) is 13.8 Å². The van der Waals surface area contributed by atoms with E-state index in [-0.39, 0.29) is 10.0 Å². The van der Waals surface area contributed by atoms with Gasteiger partial charge in [-0.05, 0) is 48.3 Å². The molecule has 0 fully saturated rings. The highest BCUT2D eigenvalue weighted by molar-refractivity contribution is 9.10. The molecule has 0 amide bonds. The molecule has 0 aliphatic rings. The Kier molecular flexibility index (Phi) is 3.19. The van der Waals surface area contributed by atoms with Crippen LogP contribution in [0.3, 0.4) is 0 Å². The molecule has 82 valence electrons. The molecule has 1 N–H and O–H groups in total. The third-order valence-electron chi connectivity index (χ3n) is 2.46. The van der Waals surface area contributed by atoms with Crippen LogP contribution < -0.4 is 0 Å². The van der Waals surface area contributed by atoms with E-state index in [4.69, 9.17) is 5.11 Å². The molecule has 0 heterocycles. The summed E-state index contributed by atoms with van der Waals surface area (Å²) in [4.78, 5) is 11.1. The first kappa shape index (κ1) is 12.2. The highest BCUT2D eigenvalue weighted by Gasteiger charge is 2.34. The summed E-state index contributed by atoms with van der Waals surface area (Å²) < 4.78 is 14.1. The first-order chi connectivity index (χ1) is 6.78. The van der Waals surface area contributed by atoms with Gasteiger partial charge in [-0.1, -0.05) is 6.07 Å². The van der Waals surface area contributed by atoms with Crippen molar-refractivity contribution in [2.75, 3.05) is 0 Å². The third kappa shape index (κ3) is 2.04. The summed E-state index contributed by atoms with van der Waals surface area (Å²) in [6.45, 7) is 4.69. The van der Waals surface area contributed by atoms with Gasteiger partial charge in [-0.2, -0.15) is 0 Å². The van der Waals surface area contributed by atoms with E-state index in [0.29, 0.717) is 5.56 Å². The van der Waals surface area contributed by atoms with Crippen molar-refractivity contribution in [1.82, 2.24) is 0 Å². The van der Waals surface area contributed by atoms with Gasteiger partial charge in [0.05, 0.1) is 9.89 Å². The number of carbonyl (C=O) groups is 1. The van der Waals surface area contributed by atoms with E-state index in [9.17, 15) is 9.18 Å². The van der Waals surface area contributed by atoms with Gasteiger partial charge in [0.15, 0.2) is 0 Å². The Bertz CT molecular complexity index is 413. The van der Waals surface area contributed by atoms with Gasteiger partial charge in [-0.25, -0.2) is 4.39 Å². The number of aryl methyl sites for hydroxylation is 1. The van der Waals surface area contributed by atoms with E-state index in [0.717, 1.165) is 0 Å². The van der Waals surface area contributed by atoms with Crippen molar-refractivity contribution in [3.8, 4) is 0 Å². The number of hydrogen-bond acceptors (Lipinski definition) is 1. The molecule has 0 aromatic heterocycles. The van der Waals surface area contributed by atoms with Gasteiger partial charge in [0.2, 0.25) is 0 Å². The van der Waals surface area contributed by atoms with Gasteiger partial charge in [-0.15, -0.1) is 0 Å². The fourth-order valence-corrected chi connectivity index (χ4v) is 1.85. The minimum absolute atomic E-state index is 0.226. The molecule has 1 rings (SSSR count). The number of halogens is 2. The van der Waals surface area contributed by atoms with Crippen molar-refractivity contribution in [3.63, 3.8) is 0 Å². The average Bonchev–Trinajstić information content (AvgIpc) is 2.11. The Labute approximate surface area is 96.2 Å². The minimum Gasteiger partial charge on any atom is -0.481 e. The first-order valence-electron chi connectivity index (χ1n) is 4.47. The van der Waals surface area contributed by atoms with Gasteiger partial charge in [0, 0.05) is 5.56 Å². The third-order valence-corrected chi connectivity index (χ3v) is 3.08. The fraction of sp³-hybridized carbons (Fsp3) is 0.364. The van der Waals surface area contributed by atoms with Crippen LogP contribution in [0.15, 0.2) is 16.6 Å². The second-order valence-electron chi connectivity index (χ2n) is 3.98. The fourth-order valence-electron chi connectivity index (χ4n) is 1.52. The molecule has 0 unspecified atom stereocenters. The lowest BCUT2D eigenvalue weighted by Gasteiger charge is -2.23. The molecule has 4 heteroatoms. The molecule has 0 aliphatic carbocycles. The SMILES string of the molecule is Cc1ccc(Br)c(F)c1C(C)(C)C(=O)O. The summed E-state index contributed by atoms with van der Waals surface area (Å²) in [6.07, 6.45) is 0. The summed E-state index contributed by atoms with van der Waals surface area (Å²) in [5, 5.41) is 9.05. The van der Waals surface area contributed by atoms with E-state index >= 15 is 0 Å². The zero-order chi connectivity index (χ0) is 11.8. The predicted octanol–water partition coefficient (Wildman–Crippen LogP) is 3.26. The lowest BCUT2D eigenvalue weighted by Crippen LogP contribution is -2.30. The maximum atomic E-state index is 13.8. The van der Waals surface area contributed by atoms with Crippen LogP contribution >= 0.6 is 15.9 Å². The van der Waals surface area contributed by atoms with Crippen molar-refractivity contribution in [3.05, 3.63) is 33.5 Å². The van der Waals surface area contributed by atoms with Crippen LogP contribution in [0, 0.1) is 12.7 Å². The summed E-state index contributed by atoms with van der Waals surface area (Å²) in [5.41, 5.74) is -0.356. The zero-order valence-electron chi connectivity index (χ0n) is 8.77. The summed E-state index contributed by atoms with van der Waals surface area (Å²) >= 11 is 3.05. The Morgan fingerprint density at radius 1 is 1.47 bits per heavy atom. The smallest absolute Gasteiger partial charge is 0.313 e. The second kappa shape index (κ2) is 3.93. The van der Waals surface area contributed by atoms with Crippen molar-refractivity contribution >= 4 is 21.9 Å². The Balaban J connectivity index is 3.49. The highest BCUT2D eigenvalue weighted by Crippen LogP contribution is 2.32. The number of aliphatic carboxylic acids is 1.